The molecule has 9 nitrogen and oxygen atoms in total. The molecule has 2 heterocycles. The second-order valence-electron chi connectivity index (χ2n) is 3.97. The summed E-state index contributed by atoms with van der Waals surface area (Å²) in [7, 11) is 0. The van der Waals surface area contributed by atoms with E-state index in [0.717, 1.165) is 0 Å². The maximum absolute atomic E-state index is 10.9. The number of rotatable bonds is 4. The van der Waals surface area contributed by atoms with Gasteiger partial charge in [-0.25, -0.2) is 10.8 Å². The van der Waals surface area contributed by atoms with E-state index in [0.29, 0.717) is 29.4 Å². The summed E-state index contributed by atoms with van der Waals surface area (Å²) in [4.78, 5) is 18.6. The number of hydrogen-bond donors (Lipinski definition) is 2. The van der Waals surface area contributed by atoms with Crippen LogP contribution in [-0.2, 0) is 6.54 Å². The molecule has 0 aromatic carbocycles. The SMILES string of the molecule is Cc1nn(Cc2cnc(NN)cn2)c(C)c1[N+](=O)[O-]. The normalized spacial score (nSPS) is 10.5. The van der Waals surface area contributed by atoms with Crippen molar-refractivity contribution in [3.63, 3.8) is 0 Å². The molecule has 19 heavy (non-hydrogen) atoms. The van der Waals surface area contributed by atoms with Gasteiger partial charge in [0.05, 0.1) is 29.6 Å². The molecule has 2 aromatic rings. The van der Waals surface area contributed by atoms with Crippen LogP contribution in [-0.4, -0.2) is 24.7 Å². The molecule has 0 saturated carbocycles. The summed E-state index contributed by atoms with van der Waals surface area (Å²) in [5.41, 5.74) is 3.92. The third-order valence-corrected chi connectivity index (χ3v) is 2.69. The molecular formula is C10H13N7O2. The van der Waals surface area contributed by atoms with Gasteiger partial charge in [-0.05, 0) is 13.8 Å². The summed E-state index contributed by atoms with van der Waals surface area (Å²) in [5, 5.41) is 15.0. The lowest BCUT2D eigenvalue weighted by molar-refractivity contribution is -0.386. The zero-order valence-corrected chi connectivity index (χ0v) is 10.5. The molecule has 3 N–H and O–H groups in total. The fourth-order valence-electron chi connectivity index (χ4n) is 1.77. The lowest BCUT2D eigenvalue weighted by Gasteiger charge is -2.03. The summed E-state index contributed by atoms with van der Waals surface area (Å²) in [6, 6.07) is 0. The molecule has 0 spiro atoms. The number of nitrogens with two attached hydrogens (primary N) is 1. The Labute approximate surface area is 108 Å². The van der Waals surface area contributed by atoms with Gasteiger partial charge in [-0.3, -0.25) is 19.8 Å². The largest absolute Gasteiger partial charge is 0.312 e. The highest BCUT2D eigenvalue weighted by Gasteiger charge is 2.21. The van der Waals surface area contributed by atoms with Gasteiger partial charge in [0.15, 0.2) is 5.82 Å². The van der Waals surface area contributed by atoms with Gasteiger partial charge in [0, 0.05) is 0 Å². The second-order valence-corrected chi connectivity index (χ2v) is 3.97. The number of nitro groups is 1. The molecule has 2 rings (SSSR count). The average molecular weight is 263 g/mol. The van der Waals surface area contributed by atoms with Crippen LogP contribution in [0.15, 0.2) is 12.4 Å². The first-order valence-electron chi connectivity index (χ1n) is 5.49. The number of aryl methyl sites for hydroxylation is 1. The lowest BCUT2D eigenvalue weighted by Crippen LogP contribution is -2.11. The van der Waals surface area contributed by atoms with E-state index >= 15 is 0 Å². The fraction of sp³-hybridized carbons (Fsp3) is 0.300. The number of aromatic nitrogens is 4. The van der Waals surface area contributed by atoms with Gasteiger partial charge in [-0.1, -0.05) is 0 Å². The Morgan fingerprint density at radius 2 is 2.16 bits per heavy atom. The molecule has 0 amide bonds. The molecule has 0 atom stereocenters. The van der Waals surface area contributed by atoms with Crippen LogP contribution in [0, 0.1) is 24.0 Å². The predicted octanol–water partition coefficient (Wildman–Crippen LogP) is 0.532. The molecule has 0 aliphatic heterocycles. The topological polar surface area (TPSA) is 125 Å². The van der Waals surface area contributed by atoms with Crippen molar-refractivity contribution in [1.82, 2.24) is 19.7 Å². The smallest absolute Gasteiger partial charge is 0.307 e. The van der Waals surface area contributed by atoms with Gasteiger partial charge in [0.1, 0.15) is 11.4 Å². The van der Waals surface area contributed by atoms with E-state index in [1.54, 1.807) is 13.8 Å². The van der Waals surface area contributed by atoms with E-state index in [9.17, 15) is 10.1 Å². The Morgan fingerprint density at radius 3 is 2.63 bits per heavy atom. The van der Waals surface area contributed by atoms with Crippen LogP contribution in [0.25, 0.3) is 0 Å². The van der Waals surface area contributed by atoms with Crippen LogP contribution in [0.2, 0.25) is 0 Å². The molecule has 0 bridgehead atoms. The second kappa shape index (κ2) is 4.98. The highest BCUT2D eigenvalue weighted by molar-refractivity contribution is 5.39. The molecule has 0 aliphatic rings. The summed E-state index contributed by atoms with van der Waals surface area (Å²) in [5.74, 6) is 5.64. The number of hydrogen-bond acceptors (Lipinski definition) is 7. The van der Waals surface area contributed by atoms with Crippen LogP contribution in [0.5, 0.6) is 0 Å². The summed E-state index contributed by atoms with van der Waals surface area (Å²) >= 11 is 0. The molecular weight excluding hydrogens is 250 g/mol. The zero-order valence-electron chi connectivity index (χ0n) is 10.5. The molecule has 0 unspecified atom stereocenters. The molecule has 0 saturated heterocycles. The van der Waals surface area contributed by atoms with Crippen molar-refractivity contribution in [2.45, 2.75) is 20.4 Å². The molecule has 0 aliphatic carbocycles. The van der Waals surface area contributed by atoms with E-state index in [1.807, 2.05) is 0 Å². The first kappa shape index (κ1) is 12.9. The first-order valence-corrected chi connectivity index (χ1v) is 5.49. The number of hydrazine groups is 1. The Kier molecular flexibility index (Phi) is 3.38. The minimum atomic E-state index is -0.429. The number of anilines is 1. The minimum Gasteiger partial charge on any atom is -0.307 e. The molecule has 2 aromatic heterocycles. The van der Waals surface area contributed by atoms with E-state index < -0.39 is 4.92 Å². The van der Waals surface area contributed by atoms with Crippen molar-refractivity contribution in [1.29, 1.82) is 0 Å². The van der Waals surface area contributed by atoms with Gasteiger partial charge < -0.3 is 5.43 Å². The fourth-order valence-corrected chi connectivity index (χ4v) is 1.77. The van der Waals surface area contributed by atoms with Crippen molar-refractivity contribution in [3.05, 3.63) is 39.6 Å². The van der Waals surface area contributed by atoms with Gasteiger partial charge in [0.25, 0.3) is 0 Å². The number of nitrogen functional groups attached to an aromatic ring is 1. The maximum Gasteiger partial charge on any atom is 0.312 e. The summed E-state index contributed by atoms with van der Waals surface area (Å²) in [6.45, 7) is 3.58. The molecule has 0 fully saturated rings. The molecule has 100 valence electrons. The Hall–Kier alpha value is -2.55. The summed E-state index contributed by atoms with van der Waals surface area (Å²) < 4.78 is 1.53. The van der Waals surface area contributed by atoms with E-state index in [-0.39, 0.29) is 5.69 Å². The van der Waals surface area contributed by atoms with Gasteiger partial charge in [-0.2, -0.15) is 5.10 Å². The highest BCUT2D eigenvalue weighted by Crippen LogP contribution is 2.22. The lowest BCUT2D eigenvalue weighted by atomic mass is 10.3. The number of nitrogens with one attached hydrogen (secondary N) is 1. The average Bonchev–Trinajstić information content (AvgIpc) is 2.65. The van der Waals surface area contributed by atoms with E-state index in [2.05, 4.69) is 20.5 Å². The van der Waals surface area contributed by atoms with Crippen LogP contribution >= 0.6 is 0 Å². The monoisotopic (exact) mass is 263 g/mol. The van der Waals surface area contributed by atoms with Gasteiger partial charge in [0.2, 0.25) is 0 Å². The number of nitrogens with zero attached hydrogens (tertiary/aromatic N) is 5. The van der Waals surface area contributed by atoms with E-state index in [4.69, 9.17) is 5.84 Å². The van der Waals surface area contributed by atoms with E-state index in [1.165, 1.54) is 17.1 Å². The minimum absolute atomic E-state index is 0.0354. The van der Waals surface area contributed by atoms with Crippen LogP contribution in [0.4, 0.5) is 11.5 Å². The third-order valence-electron chi connectivity index (χ3n) is 2.69. The molecule has 9 heteroatoms. The predicted molar refractivity (Wildman–Crippen MR) is 67.3 cm³/mol. The molecule has 0 radical (unpaired) electrons. The Bertz CT molecular complexity index is 605. The van der Waals surface area contributed by atoms with Crippen LogP contribution in [0.1, 0.15) is 17.1 Å². The third kappa shape index (κ3) is 2.50. The van der Waals surface area contributed by atoms with Crippen molar-refractivity contribution in [3.8, 4) is 0 Å². The maximum atomic E-state index is 10.9. The Balaban J connectivity index is 2.28. The first-order chi connectivity index (χ1) is 9.02. The van der Waals surface area contributed by atoms with Gasteiger partial charge >= 0.3 is 5.69 Å². The van der Waals surface area contributed by atoms with Crippen molar-refractivity contribution < 1.29 is 4.92 Å². The van der Waals surface area contributed by atoms with Crippen molar-refractivity contribution >= 4 is 11.5 Å². The quantitative estimate of drug-likeness (QED) is 0.468. The van der Waals surface area contributed by atoms with Crippen LogP contribution in [0.3, 0.4) is 0 Å². The summed E-state index contributed by atoms with van der Waals surface area (Å²) in [6.07, 6.45) is 3.02. The van der Waals surface area contributed by atoms with Crippen molar-refractivity contribution in [2.24, 2.45) is 5.84 Å². The highest BCUT2D eigenvalue weighted by atomic mass is 16.6. The zero-order chi connectivity index (χ0) is 14.0. The van der Waals surface area contributed by atoms with Crippen molar-refractivity contribution in [2.75, 3.05) is 5.43 Å². The van der Waals surface area contributed by atoms with Crippen LogP contribution < -0.4 is 11.3 Å². The Morgan fingerprint density at radius 1 is 1.42 bits per heavy atom. The van der Waals surface area contributed by atoms with Gasteiger partial charge in [-0.15, -0.1) is 0 Å². The standard InChI is InChI=1S/C10H13N7O2/c1-6-10(17(18)19)7(2)16(15-6)5-8-3-13-9(14-11)4-12-8/h3-4H,5,11H2,1-2H3,(H,13,14).